The summed E-state index contributed by atoms with van der Waals surface area (Å²) in [5.74, 6) is -3.13. The molecule has 0 aromatic rings. The molecular formula is C21H36N4O8. The van der Waals surface area contributed by atoms with Crippen LogP contribution in [0.15, 0.2) is 16.8 Å². The molecule has 0 saturated carbocycles. The summed E-state index contributed by atoms with van der Waals surface area (Å²) in [5, 5.41) is 22.7. The van der Waals surface area contributed by atoms with E-state index < -0.39 is 60.6 Å². The maximum absolute atomic E-state index is 12.0. The number of aliphatic hydroxyl groups excluding tert-OH is 1. The first-order valence-corrected chi connectivity index (χ1v) is 10.9. The van der Waals surface area contributed by atoms with Gasteiger partial charge in [-0.2, -0.15) is 0 Å². The molecule has 7 N–H and O–H groups in total. The Kier molecular flexibility index (Phi) is 12.2. The molecule has 12 heteroatoms. The lowest BCUT2D eigenvalue weighted by molar-refractivity contribution is -0.159. The van der Waals surface area contributed by atoms with Crippen molar-refractivity contribution in [2.75, 3.05) is 13.7 Å². The summed E-state index contributed by atoms with van der Waals surface area (Å²) in [4.78, 5) is 39.3. The summed E-state index contributed by atoms with van der Waals surface area (Å²) in [7, 11) is 1.27. The third kappa shape index (κ3) is 9.66. The molecule has 0 aromatic carbocycles. The molecule has 33 heavy (non-hydrogen) atoms. The van der Waals surface area contributed by atoms with E-state index in [1.807, 2.05) is 0 Å². The number of ether oxygens (including phenoxy) is 3. The van der Waals surface area contributed by atoms with Gasteiger partial charge in [-0.3, -0.25) is 9.59 Å². The molecule has 0 aromatic heterocycles. The van der Waals surface area contributed by atoms with Crippen LogP contribution in [0.1, 0.15) is 52.4 Å². The predicted octanol–water partition coefficient (Wildman–Crippen LogP) is -0.220. The van der Waals surface area contributed by atoms with E-state index in [4.69, 9.17) is 25.7 Å². The number of guanidine groups is 1. The number of esters is 1. The Hall–Kier alpha value is -2.86. The number of carbonyl (C=O) groups is 3. The highest BCUT2D eigenvalue weighted by molar-refractivity contribution is 5.85. The molecule has 0 radical (unpaired) electrons. The molecule has 5 atom stereocenters. The lowest BCUT2D eigenvalue weighted by atomic mass is 9.92. The van der Waals surface area contributed by atoms with Crippen molar-refractivity contribution in [1.82, 2.24) is 5.32 Å². The van der Waals surface area contributed by atoms with Crippen LogP contribution in [-0.2, 0) is 28.6 Å². The van der Waals surface area contributed by atoms with Crippen molar-refractivity contribution in [1.29, 1.82) is 0 Å². The summed E-state index contributed by atoms with van der Waals surface area (Å²) < 4.78 is 16.0. The van der Waals surface area contributed by atoms with E-state index in [9.17, 15) is 24.6 Å². The summed E-state index contributed by atoms with van der Waals surface area (Å²) in [5.41, 5.74) is 10.9. The van der Waals surface area contributed by atoms with Gasteiger partial charge < -0.3 is 41.2 Å². The molecule has 0 saturated heterocycles. The molecule has 0 aliphatic carbocycles. The van der Waals surface area contributed by atoms with Gasteiger partial charge in [0.2, 0.25) is 11.7 Å². The van der Waals surface area contributed by atoms with E-state index in [1.165, 1.54) is 14.0 Å². The number of unbranched alkanes of at least 4 members (excludes halogenated alkanes) is 4. The monoisotopic (exact) mass is 472 g/mol. The Bertz CT molecular complexity index is 723. The molecule has 12 nitrogen and oxygen atoms in total. The van der Waals surface area contributed by atoms with Gasteiger partial charge in [0.25, 0.3) is 0 Å². The van der Waals surface area contributed by atoms with Crippen LogP contribution in [0.2, 0.25) is 0 Å². The number of nitrogens with zero attached hydrogens (tertiary/aromatic N) is 1. The lowest BCUT2D eigenvalue weighted by Gasteiger charge is -2.40. The summed E-state index contributed by atoms with van der Waals surface area (Å²) >= 11 is 0. The van der Waals surface area contributed by atoms with Crippen LogP contribution in [0.5, 0.6) is 0 Å². The first-order chi connectivity index (χ1) is 15.6. The third-order valence-electron chi connectivity index (χ3n) is 5.06. The van der Waals surface area contributed by atoms with Gasteiger partial charge in [0.1, 0.15) is 18.8 Å². The summed E-state index contributed by atoms with van der Waals surface area (Å²) in [6.07, 6.45) is 2.45. The third-order valence-corrected chi connectivity index (χ3v) is 5.06. The average molecular weight is 473 g/mol. The van der Waals surface area contributed by atoms with Crippen molar-refractivity contribution in [2.45, 2.75) is 82.8 Å². The summed E-state index contributed by atoms with van der Waals surface area (Å²) in [6.45, 7) is 2.95. The first-order valence-electron chi connectivity index (χ1n) is 10.9. The second-order valence-corrected chi connectivity index (χ2v) is 7.80. The van der Waals surface area contributed by atoms with E-state index >= 15 is 0 Å². The second-order valence-electron chi connectivity index (χ2n) is 7.80. The van der Waals surface area contributed by atoms with Crippen LogP contribution in [-0.4, -0.2) is 78.1 Å². The zero-order valence-corrected chi connectivity index (χ0v) is 19.4. The number of hydrogen-bond acceptors (Lipinski definition) is 8. The molecule has 188 valence electrons. The second kappa shape index (κ2) is 14.3. The highest BCUT2D eigenvalue weighted by Gasteiger charge is 2.45. The van der Waals surface area contributed by atoms with Crippen molar-refractivity contribution in [3.8, 4) is 0 Å². The van der Waals surface area contributed by atoms with Gasteiger partial charge in [0, 0.05) is 20.5 Å². The summed E-state index contributed by atoms with van der Waals surface area (Å²) in [6, 6.07) is -1.97. The van der Waals surface area contributed by atoms with Crippen molar-refractivity contribution < 1.29 is 38.8 Å². The SMILES string of the molecule is CCCCCCCC(=O)OC[C@@H](O)[C@@H](OC)C1OC(C(=O)O)=CC(N=C(N)N)C1NC(C)=O. The molecule has 0 bridgehead atoms. The van der Waals surface area contributed by atoms with Crippen molar-refractivity contribution in [3.63, 3.8) is 0 Å². The highest BCUT2D eigenvalue weighted by atomic mass is 16.6. The number of nitrogens with two attached hydrogens (primary N) is 2. The predicted molar refractivity (Wildman–Crippen MR) is 119 cm³/mol. The molecular weight excluding hydrogens is 436 g/mol. The van der Waals surface area contributed by atoms with Gasteiger partial charge in [-0.05, 0) is 12.5 Å². The molecule has 1 aliphatic rings. The number of carbonyl (C=O) groups excluding carboxylic acids is 2. The number of aliphatic hydroxyl groups is 1. The van der Waals surface area contributed by atoms with E-state index in [0.29, 0.717) is 6.42 Å². The van der Waals surface area contributed by atoms with Crippen LogP contribution in [0.3, 0.4) is 0 Å². The van der Waals surface area contributed by atoms with Crippen LogP contribution in [0.25, 0.3) is 0 Å². The maximum Gasteiger partial charge on any atom is 0.370 e. The molecule has 3 unspecified atom stereocenters. The number of aliphatic imine (C=N–C) groups is 1. The van der Waals surface area contributed by atoms with E-state index in [0.717, 1.165) is 31.8 Å². The Labute approximate surface area is 193 Å². The number of nitrogens with one attached hydrogen (secondary N) is 1. The van der Waals surface area contributed by atoms with Crippen LogP contribution in [0.4, 0.5) is 0 Å². The number of methoxy groups -OCH3 is 1. The number of carboxylic acid groups (broad SMARTS) is 1. The fourth-order valence-electron chi connectivity index (χ4n) is 3.53. The topological polar surface area (TPSA) is 196 Å². The minimum atomic E-state index is -1.39. The van der Waals surface area contributed by atoms with Crippen LogP contribution < -0.4 is 16.8 Å². The molecule has 1 rings (SSSR count). The number of amides is 1. The minimum Gasteiger partial charge on any atom is -0.478 e. The minimum absolute atomic E-state index is 0.223. The molecule has 1 aliphatic heterocycles. The van der Waals surface area contributed by atoms with Crippen LogP contribution >= 0.6 is 0 Å². The fraction of sp³-hybridized carbons (Fsp3) is 0.714. The zero-order chi connectivity index (χ0) is 25.0. The molecule has 1 heterocycles. The van der Waals surface area contributed by atoms with Gasteiger partial charge in [0.05, 0.1) is 12.1 Å². The Morgan fingerprint density at radius 2 is 1.91 bits per heavy atom. The van der Waals surface area contributed by atoms with Crippen molar-refractivity contribution in [2.24, 2.45) is 16.5 Å². The quantitative estimate of drug-likeness (QED) is 0.0975. The van der Waals surface area contributed by atoms with Crippen molar-refractivity contribution in [3.05, 3.63) is 11.8 Å². The number of hydrogen-bond donors (Lipinski definition) is 5. The van der Waals surface area contributed by atoms with Crippen LogP contribution in [0, 0.1) is 0 Å². The number of rotatable bonds is 14. The molecule has 0 fully saturated rings. The molecule has 0 spiro atoms. The van der Waals surface area contributed by atoms with Gasteiger partial charge in [-0.1, -0.05) is 32.6 Å². The zero-order valence-electron chi connectivity index (χ0n) is 19.4. The standard InChI is InChI=1S/C21H36N4O8/c1-4-5-6-7-8-9-16(28)32-11-14(27)18(31-3)19-17(24-12(2)26)13(25-21(22)23)10-15(33-19)20(29)30/h10,13-14,17-19,27H,4-9,11H2,1-3H3,(H,24,26)(H,29,30)(H4,22,23,25)/t13?,14-,17?,18-,19?/m1/s1. The maximum atomic E-state index is 12.0. The smallest absolute Gasteiger partial charge is 0.370 e. The first kappa shape index (κ1) is 28.2. The van der Waals surface area contributed by atoms with Gasteiger partial charge >= 0.3 is 11.9 Å². The number of carboxylic acids is 1. The largest absolute Gasteiger partial charge is 0.478 e. The highest BCUT2D eigenvalue weighted by Crippen LogP contribution is 2.26. The van der Waals surface area contributed by atoms with E-state index in [-0.39, 0.29) is 12.4 Å². The Balaban J connectivity index is 2.94. The van der Waals surface area contributed by atoms with Crippen molar-refractivity contribution >= 4 is 23.8 Å². The lowest BCUT2D eigenvalue weighted by Crippen LogP contribution is -2.60. The van der Waals surface area contributed by atoms with E-state index in [1.54, 1.807) is 0 Å². The van der Waals surface area contributed by atoms with E-state index in [2.05, 4.69) is 17.2 Å². The van der Waals surface area contributed by atoms with Gasteiger partial charge in [-0.25, -0.2) is 9.79 Å². The van der Waals surface area contributed by atoms with Gasteiger partial charge in [-0.15, -0.1) is 0 Å². The van der Waals surface area contributed by atoms with Gasteiger partial charge in [0.15, 0.2) is 12.1 Å². The normalized spacial score (nSPS) is 21.7. The Morgan fingerprint density at radius 3 is 2.45 bits per heavy atom. The number of aliphatic carboxylic acids is 1. The molecule has 1 amide bonds. The average Bonchev–Trinajstić information content (AvgIpc) is 2.73. The Morgan fingerprint density at radius 1 is 1.24 bits per heavy atom. The fourth-order valence-corrected chi connectivity index (χ4v) is 3.53.